The fraction of sp³-hybridized carbons (Fsp3) is 0.282. The van der Waals surface area contributed by atoms with E-state index in [-0.39, 0.29) is 38.2 Å². The van der Waals surface area contributed by atoms with Gasteiger partial charge in [-0.3, -0.25) is 29.0 Å². The van der Waals surface area contributed by atoms with Gasteiger partial charge in [0.1, 0.15) is 24.2 Å². The van der Waals surface area contributed by atoms with Crippen LogP contribution in [0.3, 0.4) is 0 Å². The highest BCUT2D eigenvalue weighted by Gasteiger charge is 2.31. The van der Waals surface area contributed by atoms with Gasteiger partial charge in [0.05, 0.1) is 0 Å². The van der Waals surface area contributed by atoms with E-state index < -0.39 is 53.7 Å². The van der Waals surface area contributed by atoms with Gasteiger partial charge in [0, 0.05) is 66.9 Å². The quantitative estimate of drug-likeness (QED) is 0.0361. The zero-order chi connectivity index (χ0) is 38.6. The zero-order valence-corrected chi connectivity index (χ0v) is 29.9. The molecule has 0 aliphatic heterocycles. The summed E-state index contributed by atoms with van der Waals surface area (Å²) in [7, 11) is 0. The highest BCUT2D eigenvalue weighted by atomic mass is 16.2. The number of para-hydroxylation sites is 2. The molecule has 2 heterocycles. The molecule has 4 atom stereocenters. The van der Waals surface area contributed by atoms with Gasteiger partial charge in [0.2, 0.25) is 29.5 Å². The number of nitrogens with zero attached hydrogens (tertiary/aromatic N) is 1. The van der Waals surface area contributed by atoms with Gasteiger partial charge < -0.3 is 48.4 Å². The third-order valence-corrected chi connectivity index (χ3v) is 9.05. The maximum atomic E-state index is 14.1. The summed E-state index contributed by atoms with van der Waals surface area (Å²) in [5, 5.41) is 12.8. The Morgan fingerprint density at radius 3 is 1.65 bits per heavy atom. The van der Waals surface area contributed by atoms with Crippen molar-refractivity contribution in [1.82, 2.24) is 31.2 Å². The molecule has 0 fully saturated rings. The lowest BCUT2D eigenvalue weighted by Crippen LogP contribution is -2.59. The summed E-state index contributed by atoms with van der Waals surface area (Å²) in [5.74, 6) is -3.21. The van der Waals surface area contributed by atoms with E-state index >= 15 is 0 Å². The van der Waals surface area contributed by atoms with Crippen LogP contribution in [0.1, 0.15) is 36.5 Å². The number of aromatic nitrogens is 2. The Kier molecular flexibility index (Phi) is 13.0. The third kappa shape index (κ3) is 10.5. The molecule has 12 N–H and O–H groups in total. The van der Waals surface area contributed by atoms with Crippen LogP contribution in [-0.2, 0) is 43.2 Å². The minimum Gasteiger partial charge on any atom is -0.370 e. The van der Waals surface area contributed by atoms with E-state index in [1.54, 1.807) is 24.5 Å². The molecule has 0 spiro atoms. The average molecular weight is 735 g/mol. The van der Waals surface area contributed by atoms with Crippen molar-refractivity contribution < 1.29 is 24.0 Å². The van der Waals surface area contributed by atoms with Gasteiger partial charge in [-0.25, -0.2) is 0 Å². The van der Waals surface area contributed by atoms with Crippen molar-refractivity contribution >= 4 is 57.3 Å². The number of hydrogen-bond acceptors (Lipinski definition) is 6. The minimum absolute atomic E-state index is 0.0745. The van der Waals surface area contributed by atoms with Crippen molar-refractivity contribution in [1.29, 1.82) is 0 Å². The lowest BCUT2D eigenvalue weighted by Gasteiger charge is -2.26. The van der Waals surface area contributed by atoms with Crippen LogP contribution >= 0.6 is 0 Å². The number of carbonyl (C=O) groups is 5. The standard InChI is InChI=1S/C39H46N10O5/c1-23(50)46-34(20-26-22-45-30-15-8-6-13-28(26)30)38(54)49-33(18-24-10-3-2-4-11-24)37(53)47-31(16-9-17-43-39(41)42)36(52)48-32(35(40)51)19-25-21-44-29-14-7-5-12-27(25)29/h2-8,10-15,21-22,31-34,44-45H,9,16-20H2,1H3,(H2,40,51)(H,46,50)(H,47,53)(H,48,52)(H,49,54)(H4,41,42,43)/t31-,32-,33+,34+/m0/s1. The molecule has 2 aromatic heterocycles. The number of amides is 5. The smallest absolute Gasteiger partial charge is 0.243 e. The zero-order valence-electron chi connectivity index (χ0n) is 29.9. The number of nitrogens with two attached hydrogens (primary N) is 3. The second-order valence-corrected chi connectivity index (χ2v) is 13.1. The molecule has 54 heavy (non-hydrogen) atoms. The van der Waals surface area contributed by atoms with Crippen LogP contribution in [0.25, 0.3) is 21.8 Å². The number of primary amides is 1. The third-order valence-electron chi connectivity index (χ3n) is 9.05. The molecule has 5 amide bonds. The fourth-order valence-corrected chi connectivity index (χ4v) is 6.37. The lowest BCUT2D eigenvalue weighted by molar-refractivity contribution is -0.134. The van der Waals surface area contributed by atoms with Crippen LogP contribution in [0.15, 0.2) is 96.2 Å². The van der Waals surface area contributed by atoms with Crippen molar-refractivity contribution in [3.8, 4) is 0 Å². The van der Waals surface area contributed by atoms with E-state index in [0.29, 0.717) is 6.42 Å². The lowest BCUT2D eigenvalue weighted by atomic mass is 10.0. The number of aliphatic imine (C=N–C) groups is 1. The van der Waals surface area contributed by atoms with Crippen LogP contribution < -0.4 is 38.5 Å². The molecule has 15 heteroatoms. The van der Waals surface area contributed by atoms with Crippen molar-refractivity contribution in [2.75, 3.05) is 6.54 Å². The largest absolute Gasteiger partial charge is 0.370 e. The number of rotatable bonds is 18. The summed E-state index contributed by atoms with van der Waals surface area (Å²) < 4.78 is 0. The van der Waals surface area contributed by atoms with Crippen LogP contribution in [-0.4, -0.2) is 76.2 Å². The predicted octanol–water partition coefficient (Wildman–Crippen LogP) is 1.18. The molecule has 0 saturated heterocycles. The molecule has 5 aromatic rings. The highest BCUT2D eigenvalue weighted by molar-refractivity contribution is 5.96. The van der Waals surface area contributed by atoms with E-state index in [4.69, 9.17) is 17.2 Å². The molecule has 15 nitrogen and oxygen atoms in total. The predicted molar refractivity (Wildman–Crippen MR) is 207 cm³/mol. The molecule has 0 bridgehead atoms. The summed E-state index contributed by atoms with van der Waals surface area (Å²) in [5.41, 5.74) is 20.8. The van der Waals surface area contributed by atoms with Crippen molar-refractivity contribution in [3.63, 3.8) is 0 Å². The number of aromatic amines is 2. The van der Waals surface area contributed by atoms with Gasteiger partial charge in [-0.2, -0.15) is 0 Å². The second kappa shape index (κ2) is 18.2. The summed E-state index contributed by atoms with van der Waals surface area (Å²) in [6.45, 7) is 1.49. The Labute approximate surface area is 311 Å². The summed E-state index contributed by atoms with van der Waals surface area (Å²) >= 11 is 0. The van der Waals surface area contributed by atoms with Crippen molar-refractivity contribution in [2.45, 2.75) is 63.2 Å². The molecular weight excluding hydrogens is 688 g/mol. The van der Waals surface area contributed by atoms with Crippen LogP contribution in [0.4, 0.5) is 0 Å². The fourth-order valence-electron chi connectivity index (χ4n) is 6.37. The molecule has 0 aliphatic carbocycles. The van der Waals surface area contributed by atoms with Crippen LogP contribution in [0.5, 0.6) is 0 Å². The van der Waals surface area contributed by atoms with E-state index in [1.807, 2.05) is 66.7 Å². The van der Waals surface area contributed by atoms with Gasteiger partial charge in [-0.15, -0.1) is 0 Å². The first-order valence-corrected chi connectivity index (χ1v) is 17.6. The first-order chi connectivity index (χ1) is 26.0. The molecule has 0 unspecified atom stereocenters. The molecule has 0 aliphatic rings. The summed E-state index contributed by atoms with van der Waals surface area (Å²) in [4.78, 5) is 77.1. The maximum absolute atomic E-state index is 14.1. The molecule has 0 radical (unpaired) electrons. The number of benzene rings is 3. The number of hydrogen-bond donors (Lipinski definition) is 9. The Hall–Kier alpha value is -6.64. The molecule has 0 saturated carbocycles. The van der Waals surface area contributed by atoms with Crippen LogP contribution in [0, 0.1) is 0 Å². The van der Waals surface area contributed by atoms with E-state index in [0.717, 1.165) is 38.5 Å². The van der Waals surface area contributed by atoms with E-state index in [9.17, 15) is 24.0 Å². The molecule has 3 aromatic carbocycles. The minimum atomic E-state index is -1.16. The Balaban J connectivity index is 1.37. The molecular formula is C39H46N10O5. The van der Waals surface area contributed by atoms with Gasteiger partial charge in [0.25, 0.3) is 0 Å². The number of fused-ring (bicyclic) bond motifs is 2. The molecule has 282 valence electrons. The van der Waals surface area contributed by atoms with Gasteiger partial charge in [0.15, 0.2) is 5.96 Å². The topological polar surface area (TPSA) is 255 Å². The number of H-pyrrole nitrogens is 2. The monoisotopic (exact) mass is 734 g/mol. The summed E-state index contributed by atoms with van der Waals surface area (Å²) in [6.07, 6.45) is 4.25. The van der Waals surface area contributed by atoms with Gasteiger partial charge >= 0.3 is 0 Å². The van der Waals surface area contributed by atoms with Crippen molar-refractivity contribution in [2.24, 2.45) is 22.2 Å². The number of carbonyl (C=O) groups excluding carboxylic acids is 5. The number of nitrogens with one attached hydrogen (secondary N) is 6. The molecule has 5 rings (SSSR count). The maximum Gasteiger partial charge on any atom is 0.243 e. The average Bonchev–Trinajstić information content (AvgIpc) is 3.75. The number of guanidine groups is 1. The second-order valence-electron chi connectivity index (χ2n) is 13.1. The summed E-state index contributed by atoms with van der Waals surface area (Å²) in [6, 6.07) is 19.7. The SMILES string of the molecule is CC(=O)N[C@H](Cc1c[nH]c2ccccc12)C(=O)N[C@H](Cc1ccccc1)C(=O)N[C@@H](CCCN=C(N)N)C(=O)N[C@@H](Cc1c[nH]c2ccccc12)C(N)=O. The van der Waals surface area contributed by atoms with Gasteiger partial charge in [-0.1, -0.05) is 66.7 Å². The van der Waals surface area contributed by atoms with Crippen molar-refractivity contribution in [3.05, 3.63) is 108 Å². The Morgan fingerprint density at radius 1 is 0.611 bits per heavy atom. The first-order valence-electron chi connectivity index (χ1n) is 17.6. The van der Waals surface area contributed by atoms with Crippen LogP contribution in [0.2, 0.25) is 0 Å². The Bertz CT molecular complexity index is 2120. The first kappa shape index (κ1) is 38.6. The van der Waals surface area contributed by atoms with E-state index in [2.05, 4.69) is 36.2 Å². The van der Waals surface area contributed by atoms with Gasteiger partial charge in [-0.05, 0) is 41.7 Å². The Morgan fingerprint density at radius 2 is 1.09 bits per heavy atom. The van der Waals surface area contributed by atoms with E-state index in [1.165, 1.54) is 6.92 Å². The normalized spacial score (nSPS) is 13.3. The highest BCUT2D eigenvalue weighted by Crippen LogP contribution is 2.21.